The third-order valence-corrected chi connectivity index (χ3v) is 4.16. The molecule has 0 amide bonds. The maximum absolute atomic E-state index is 9.94. The molecule has 2 nitrogen and oxygen atoms in total. The Bertz CT molecular complexity index is 457. The van der Waals surface area contributed by atoms with E-state index in [0.29, 0.717) is 13.1 Å². The maximum atomic E-state index is 9.94. The molecule has 0 N–H and O–H groups in total. The first kappa shape index (κ1) is 13.1. The highest BCUT2D eigenvalue weighted by atomic mass is 32.1. The number of hydrogen-bond donors (Lipinski definition) is 0. The lowest BCUT2D eigenvalue weighted by atomic mass is 10.1. The number of fused-ring (bicyclic) bond motifs is 1. The van der Waals surface area contributed by atoms with Crippen LogP contribution in [-0.4, -0.2) is 13.1 Å². The molecule has 0 saturated heterocycles. The molecule has 0 atom stereocenters. The highest BCUT2D eigenvalue weighted by Crippen LogP contribution is 2.26. The average molecular weight is 262 g/mol. The lowest BCUT2D eigenvalue weighted by Crippen LogP contribution is -1.91. The van der Waals surface area contributed by atoms with Gasteiger partial charge >= 0.3 is 0 Å². The van der Waals surface area contributed by atoms with Crippen LogP contribution >= 0.6 is 11.3 Å². The molecule has 1 aromatic carbocycles. The highest BCUT2D eigenvalue weighted by Gasteiger charge is 2.00. The number of thiophene rings is 1. The van der Waals surface area contributed by atoms with Gasteiger partial charge in [-0.2, -0.15) is 0 Å². The van der Waals surface area contributed by atoms with Crippen molar-refractivity contribution in [3.8, 4) is 0 Å². The Hall–Kier alpha value is -1.35. The van der Waals surface area contributed by atoms with E-state index in [4.69, 9.17) is 0 Å². The third-order valence-electron chi connectivity index (χ3n) is 2.98. The van der Waals surface area contributed by atoms with Crippen LogP contribution in [0.1, 0.15) is 30.6 Å². The van der Waals surface area contributed by atoms with Gasteiger partial charge in [0.1, 0.15) is 0 Å². The van der Waals surface area contributed by atoms with E-state index < -0.39 is 0 Å². The first-order chi connectivity index (χ1) is 8.90. The zero-order chi connectivity index (χ0) is 12.6. The van der Waals surface area contributed by atoms with E-state index in [-0.39, 0.29) is 0 Å². The van der Waals surface area contributed by atoms with Crippen molar-refractivity contribution in [1.82, 2.24) is 0 Å². The summed E-state index contributed by atoms with van der Waals surface area (Å²) in [5, 5.41) is 1.36. The van der Waals surface area contributed by atoms with Gasteiger partial charge < -0.3 is 4.74 Å². The average Bonchev–Trinajstić information content (AvgIpc) is 2.80. The number of ether oxygens (including phenoxy) is 1. The quantitative estimate of drug-likeness (QED) is 0.527. The summed E-state index contributed by atoms with van der Waals surface area (Å²) in [6, 6.07) is 10.8. The van der Waals surface area contributed by atoms with E-state index in [1.165, 1.54) is 27.8 Å². The van der Waals surface area contributed by atoms with E-state index in [0.717, 1.165) is 19.3 Å². The second-order valence-electron chi connectivity index (χ2n) is 4.38. The Morgan fingerprint density at radius 3 is 2.78 bits per heavy atom. The van der Waals surface area contributed by atoms with Crippen LogP contribution in [0, 0.1) is 0 Å². The molecular weight excluding hydrogens is 244 g/mol. The molecule has 2 rings (SSSR count). The SMILES string of the molecule is O=COCCCCCCc1cc2ccccc2s1. The zero-order valence-electron chi connectivity index (χ0n) is 10.4. The van der Waals surface area contributed by atoms with Gasteiger partial charge in [-0.1, -0.05) is 31.0 Å². The molecule has 0 spiro atoms. The molecule has 1 heterocycles. The topological polar surface area (TPSA) is 26.3 Å². The van der Waals surface area contributed by atoms with Crippen molar-refractivity contribution in [3.05, 3.63) is 35.2 Å². The van der Waals surface area contributed by atoms with Crippen LogP contribution < -0.4 is 0 Å². The van der Waals surface area contributed by atoms with Gasteiger partial charge in [-0.15, -0.1) is 11.3 Å². The Labute approximate surface area is 112 Å². The number of rotatable bonds is 8. The molecule has 0 aliphatic rings. The van der Waals surface area contributed by atoms with Gasteiger partial charge in [0.25, 0.3) is 6.47 Å². The molecular formula is C15H18O2S. The summed E-state index contributed by atoms with van der Waals surface area (Å²) in [4.78, 5) is 11.4. The van der Waals surface area contributed by atoms with Crippen molar-refractivity contribution < 1.29 is 9.53 Å². The first-order valence-corrected chi connectivity index (χ1v) is 7.24. The summed E-state index contributed by atoms with van der Waals surface area (Å²) in [5.74, 6) is 0. The smallest absolute Gasteiger partial charge is 0.293 e. The molecule has 0 saturated carbocycles. The van der Waals surface area contributed by atoms with Gasteiger partial charge in [-0.3, -0.25) is 4.79 Å². The normalized spacial score (nSPS) is 10.7. The fourth-order valence-corrected chi connectivity index (χ4v) is 3.15. The van der Waals surface area contributed by atoms with Crippen molar-refractivity contribution in [2.75, 3.05) is 6.61 Å². The first-order valence-electron chi connectivity index (χ1n) is 6.43. The lowest BCUT2D eigenvalue weighted by molar-refractivity contribution is -0.128. The molecule has 0 aliphatic heterocycles. The van der Waals surface area contributed by atoms with Crippen LogP contribution in [0.3, 0.4) is 0 Å². The third kappa shape index (κ3) is 3.84. The molecule has 96 valence electrons. The van der Waals surface area contributed by atoms with Gasteiger partial charge in [0.2, 0.25) is 0 Å². The summed E-state index contributed by atoms with van der Waals surface area (Å²) in [7, 11) is 0. The Morgan fingerprint density at radius 2 is 1.94 bits per heavy atom. The predicted octanol–water partition coefficient (Wildman–Crippen LogP) is 4.18. The number of benzene rings is 1. The van der Waals surface area contributed by atoms with Gasteiger partial charge in [-0.05, 0) is 36.8 Å². The van der Waals surface area contributed by atoms with Crippen molar-refractivity contribution in [2.45, 2.75) is 32.1 Å². The fourth-order valence-electron chi connectivity index (χ4n) is 2.05. The lowest BCUT2D eigenvalue weighted by Gasteiger charge is -1.99. The Morgan fingerprint density at radius 1 is 1.11 bits per heavy atom. The summed E-state index contributed by atoms with van der Waals surface area (Å²) in [5.41, 5.74) is 0. The molecule has 0 aliphatic carbocycles. The minimum atomic E-state index is 0.525. The number of aryl methyl sites for hydroxylation is 1. The van der Waals surface area contributed by atoms with Gasteiger partial charge in [-0.25, -0.2) is 0 Å². The van der Waals surface area contributed by atoms with E-state index in [1.807, 2.05) is 11.3 Å². The fraction of sp³-hybridized carbons (Fsp3) is 0.400. The summed E-state index contributed by atoms with van der Waals surface area (Å²) in [6.07, 6.45) is 5.70. The molecule has 18 heavy (non-hydrogen) atoms. The van der Waals surface area contributed by atoms with Crippen LogP contribution in [0.25, 0.3) is 10.1 Å². The van der Waals surface area contributed by atoms with E-state index in [1.54, 1.807) is 0 Å². The summed E-state index contributed by atoms with van der Waals surface area (Å²) >= 11 is 1.90. The second-order valence-corrected chi connectivity index (χ2v) is 5.55. The maximum Gasteiger partial charge on any atom is 0.293 e. The number of carbonyl (C=O) groups is 1. The molecule has 1 aromatic heterocycles. The molecule has 3 heteroatoms. The predicted molar refractivity (Wildman–Crippen MR) is 76.0 cm³/mol. The van der Waals surface area contributed by atoms with Crippen molar-refractivity contribution >= 4 is 27.9 Å². The van der Waals surface area contributed by atoms with Gasteiger partial charge in [0.05, 0.1) is 6.61 Å². The molecule has 0 unspecified atom stereocenters. The van der Waals surface area contributed by atoms with Crippen molar-refractivity contribution in [1.29, 1.82) is 0 Å². The van der Waals surface area contributed by atoms with E-state index >= 15 is 0 Å². The van der Waals surface area contributed by atoms with Crippen molar-refractivity contribution in [2.24, 2.45) is 0 Å². The van der Waals surface area contributed by atoms with Crippen LogP contribution in [0.15, 0.2) is 30.3 Å². The second kappa shape index (κ2) is 7.17. The van der Waals surface area contributed by atoms with Crippen LogP contribution in [0.4, 0.5) is 0 Å². The van der Waals surface area contributed by atoms with Crippen LogP contribution in [-0.2, 0) is 16.0 Å². The van der Waals surface area contributed by atoms with Crippen LogP contribution in [0.5, 0.6) is 0 Å². The molecule has 0 bridgehead atoms. The summed E-state index contributed by atoms with van der Waals surface area (Å²) < 4.78 is 6.04. The highest BCUT2D eigenvalue weighted by molar-refractivity contribution is 7.19. The molecule has 2 aromatic rings. The summed E-state index contributed by atoms with van der Waals surface area (Å²) in [6.45, 7) is 1.09. The minimum absolute atomic E-state index is 0.525. The Balaban J connectivity index is 1.68. The van der Waals surface area contributed by atoms with E-state index in [9.17, 15) is 4.79 Å². The van der Waals surface area contributed by atoms with Gasteiger partial charge in [0.15, 0.2) is 0 Å². The molecule has 0 fully saturated rings. The van der Waals surface area contributed by atoms with Crippen molar-refractivity contribution in [3.63, 3.8) is 0 Å². The number of hydrogen-bond acceptors (Lipinski definition) is 3. The van der Waals surface area contributed by atoms with Gasteiger partial charge in [0, 0.05) is 9.58 Å². The van der Waals surface area contributed by atoms with E-state index in [2.05, 4.69) is 35.1 Å². The standard InChI is InChI=1S/C15H18O2S/c16-12-17-10-6-2-1-3-8-14-11-13-7-4-5-9-15(13)18-14/h4-5,7,9,11-12H,1-3,6,8,10H2. The number of carbonyl (C=O) groups excluding carboxylic acids is 1. The number of unbranched alkanes of at least 4 members (excludes halogenated alkanes) is 3. The van der Waals surface area contributed by atoms with Crippen LogP contribution in [0.2, 0.25) is 0 Å². The monoisotopic (exact) mass is 262 g/mol. The minimum Gasteiger partial charge on any atom is -0.468 e. The zero-order valence-corrected chi connectivity index (χ0v) is 11.2. The largest absolute Gasteiger partial charge is 0.468 e. The Kier molecular flexibility index (Phi) is 5.21. The molecule has 0 radical (unpaired) electrons.